The molecule has 0 aromatic heterocycles. The van der Waals surface area contributed by atoms with Gasteiger partial charge in [-0.05, 0) is 33.7 Å². The molecule has 2 heteroatoms. The lowest BCUT2D eigenvalue weighted by molar-refractivity contribution is 0.100. The van der Waals surface area contributed by atoms with Crippen LogP contribution in [0.1, 0.15) is 33.1 Å². The number of hydrogen-bond donors (Lipinski definition) is 1. The second kappa shape index (κ2) is 8.10. The van der Waals surface area contributed by atoms with E-state index in [1.165, 1.54) is 0 Å². The SMILES string of the molecule is CC#CCCC(CC(C)OC)NC. The van der Waals surface area contributed by atoms with Gasteiger partial charge in [0.15, 0.2) is 0 Å². The summed E-state index contributed by atoms with van der Waals surface area (Å²) in [7, 11) is 3.75. The summed E-state index contributed by atoms with van der Waals surface area (Å²) in [5.41, 5.74) is 0. The van der Waals surface area contributed by atoms with Crippen molar-refractivity contribution in [2.45, 2.75) is 45.3 Å². The molecule has 0 spiro atoms. The van der Waals surface area contributed by atoms with Crippen LogP contribution in [0.5, 0.6) is 0 Å². The van der Waals surface area contributed by atoms with Gasteiger partial charge in [-0.2, -0.15) is 0 Å². The maximum atomic E-state index is 5.21. The van der Waals surface area contributed by atoms with Crippen molar-refractivity contribution in [1.82, 2.24) is 5.32 Å². The molecule has 0 amide bonds. The van der Waals surface area contributed by atoms with E-state index in [2.05, 4.69) is 24.1 Å². The van der Waals surface area contributed by atoms with E-state index in [9.17, 15) is 0 Å². The van der Waals surface area contributed by atoms with Crippen LogP contribution in [0.25, 0.3) is 0 Å². The van der Waals surface area contributed by atoms with Gasteiger partial charge in [-0.3, -0.25) is 0 Å². The average Bonchev–Trinajstić information content (AvgIpc) is 2.16. The van der Waals surface area contributed by atoms with Crippen molar-refractivity contribution in [3.8, 4) is 11.8 Å². The Balaban J connectivity index is 3.66. The molecule has 2 unspecified atom stereocenters. The lowest BCUT2D eigenvalue weighted by Gasteiger charge is -2.18. The van der Waals surface area contributed by atoms with E-state index in [4.69, 9.17) is 4.74 Å². The van der Waals surface area contributed by atoms with Crippen molar-refractivity contribution in [3.63, 3.8) is 0 Å². The summed E-state index contributed by atoms with van der Waals surface area (Å²) in [6.07, 6.45) is 3.45. The first-order chi connectivity index (χ1) is 6.24. The van der Waals surface area contributed by atoms with Gasteiger partial charge in [-0.1, -0.05) is 0 Å². The molecule has 0 saturated heterocycles. The number of nitrogens with one attached hydrogen (secondary N) is 1. The average molecular weight is 183 g/mol. The fourth-order valence-corrected chi connectivity index (χ4v) is 1.25. The Morgan fingerprint density at radius 1 is 1.46 bits per heavy atom. The van der Waals surface area contributed by atoms with Crippen LogP contribution in [0, 0.1) is 11.8 Å². The van der Waals surface area contributed by atoms with Gasteiger partial charge in [0.1, 0.15) is 0 Å². The molecule has 13 heavy (non-hydrogen) atoms. The molecule has 0 bridgehead atoms. The minimum absolute atomic E-state index is 0.326. The Labute approximate surface area is 82.1 Å². The van der Waals surface area contributed by atoms with Gasteiger partial charge < -0.3 is 10.1 Å². The molecule has 76 valence electrons. The minimum atomic E-state index is 0.326. The maximum Gasteiger partial charge on any atom is 0.0558 e. The van der Waals surface area contributed by atoms with E-state index >= 15 is 0 Å². The van der Waals surface area contributed by atoms with E-state index < -0.39 is 0 Å². The molecule has 0 heterocycles. The van der Waals surface area contributed by atoms with Crippen LogP contribution in [0.4, 0.5) is 0 Å². The molecule has 0 fully saturated rings. The van der Waals surface area contributed by atoms with Gasteiger partial charge in [0.25, 0.3) is 0 Å². The number of rotatable bonds is 6. The Morgan fingerprint density at radius 2 is 2.15 bits per heavy atom. The molecule has 2 atom stereocenters. The van der Waals surface area contributed by atoms with Crippen molar-refractivity contribution in [1.29, 1.82) is 0 Å². The van der Waals surface area contributed by atoms with Gasteiger partial charge in [0.05, 0.1) is 6.10 Å². The first-order valence-corrected chi connectivity index (χ1v) is 4.84. The standard InChI is InChI=1S/C11H21NO/c1-5-6-7-8-11(12-3)9-10(2)13-4/h10-12H,7-9H2,1-4H3. The highest BCUT2D eigenvalue weighted by Gasteiger charge is 2.09. The zero-order valence-corrected chi connectivity index (χ0v) is 9.18. The molecule has 0 aliphatic carbocycles. The van der Waals surface area contributed by atoms with Crippen LogP contribution in [-0.2, 0) is 4.74 Å². The molecule has 0 rings (SSSR count). The highest BCUT2D eigenvalue weighted by Crippen LogP contribution is 2.06. The Kier molecular flexibility index (Phi) is 7.77. The number of methoxy groups -OCH3 is 1. The van der Waals surface area contributed by atoms with Gasteiger partial charge in [0.2, 0.25) is 0 Å². The van der Waals surface area contributed by atoms with Crippen LogP contribution in [0.15, 0.2) is 0 Å². The Morgan fingerprint density at radius 3 is 2.62 bits per heavy atom. The molecule has 0 saturated carbocycles. The zero-order chi connectivity index (χ0) is 10.1. The molecule has 0 aromatic carbocycles. The third-order valence-electron chi connectivity index (χ3n) is 2.22. The zero-order valence-electron chi connectivity index (χ0n) is 9.18. The van der Waals surface area contributed by atoms with E-state index in [0.717, 1.165) is 19.3 Å². The summed E-state index contributed by atoms with van der Waals surface area (Å²) in [5.74, 6) is 5.98. The second-order valence-electron chi connectivity index (χ2n) is 3.23. The molecule has 1 N–H and O–H groups in total. The van der Waals surface area contributed by atoms with Crippen LogP contribution in [0.2, 0.25) is 0 Å². The molecule has 0 aromatic rings. The van der Waals surface area contributed by atoms with Gasteiger partial charge in [0, 0.05) is 19.6 Å². The number of hydrogen-bond acceptors (Lipinski definition) is 2. The summed E-state index contributed by atoms with van der Waals surface area (Å²) in [4.78, 5) is 0. The van der Waals surface area contributed by atoms with Crippen molar-refractivity contribution in [2.75, 3.05) is 14.2 Å². The van der Waals surface area contributed by atoms with Crippen LogP contribution >= 0.6 is 0 Å². The lowest BCUT2D eigenvalue weighted by atomic mass is 10.1. The van der Waals surface area contributed by atoms with Crippen molar-refractivity contribution in [3.05, 3.63) is 0 Å². The van der Waals surface area contributed by atoms with E-state index in [0.29, 0.717) is 12.1 Å². The Bertz CT molecular complexity index is 169. The van der Waals surface area contributed by atoms with Crippen molar-refractivity contribution in [2.24, 2.45) is 0 Å². The third kappa shape index (κ3) is 6.62. The van der Waals surface area contributed by atoms with E-state index in [1.54, 1.807) is 7.11 Å². The second-order valence-corrected chi connectivity index (χ2v) is 3.23. The number of ether oxygens (including phenoxy) is 1. The van der Waals surface area contributed by atoms with E-state index in [-0.39, 0.29) is 0 Å². The normalized spacial score (nSPS) is 14.5. The highest BCUT2D eigenvalue weighted by atomic mass is 16.5. The van der Waals surface area contributed by atoms with Gasteiger partial charge >= 0.3 is 0 Å². The molecule has 0 radical (unpaired) electrons. The minimum Gasteiger partial charge on any atom is -0.382 e. The monoisotopic (exact) mass is 183 g/mol. The van der Waals surface area contributed by atoms with Gasteiger partial charge in [-0.15, -0.1) is 11.8 Å². The quantitative estimate of drug-likeness (QED) is 0.634. The molecule has 0 aliphatic heterocycles. The van der Waals surface area contributed by atoms with Crippen LogP contribution < -0.4 is 5.32 Å². The summed E-state index contributed by atoms with van der Waals surface area (Å²) in [6, 6.07) is 0.524. The smallest absolute Gasteiger partial charge is 0.0558 e. The van der Waals surface area contributed by atoms with Gasteiger partial charge in [-0.25, -0.2) is 0 Å². The first kappa shape index (κ1) is 12.5. The van der Waals surface area contributed by atoms with Crippen LogP contribution in [-0.4, -0.2) is 26.3 Å². The highest BCUT2D eigenvalue weighted by molar-refractivity contribution is 4.95. The molecule has 0 aliphatic rings. The fourth-order valence-electron chi connectivity index (χ4n) is 1.25. The third-order valence-corrected chi connectivity index (χ3v) is 2.22. The van der Waals surface area contributed by atoms with E-state index in [1.807, 2.05) is 14.0 Å². The topological polar surface area (TPSA) is 21.3 Å². The molecule has 2 nitrogen and oxygen atoms in total. The van der Waals surface area contributed by atoms with Crippen LogP contribution in [0.3, 0.4) is 0 Å². The fraction of sp³-hybridized carbons (Fsp3) is 0.818. The molecular weight excluding hydrogens is 162 g/mol. The lowest BCUT2D eigenvalue weighted by Crippen LogP contribution is -2.29. The Hall–Kier alpha value is -0.520. The predicted molar refractivity (Wildman–Crippen MR) is 56.6 cm³/mol. The predicted octanol–water partition coefficient (Wildman–Crippen LogP) is 1.80. The summed E-state index contributed by atoms with van der Waals surface area (Å²) in [5, 5.41) is 3.28. The first-order valence-electron chi connectivity index (χ1n) is 4.84. The van der Waals surface area contributed by atoms with Crippen molar-refractivity contribution < 1.29 is 4.74 Å². The summed E-state index contributed by atoms with van der Waals surface area (Å²) in [6.45, 7) is 3.97. The summed E-state index contributed by atoms with van der Waals surface area (Å²) < 4.78 is 5.21. The summed E-state index contributed by atoms with van der Waals surface area (Å²) >= 11 is 0. The maximum absolute atomic E-state index is 5.21. The van der Waals surface area contributed by atoms with Crippen molar-refractivity contribution >= 4 is 0 Å². The largest absolute Gasteiger partial charge is 0.382 e. The molecular formula is C11H21NO.